The first-order valence-corrected chi connectivity index (χ1v) is 9.99. The molecule has 0 atom stereocenters. The highest BCUT2D eigenvalue weighted by Crippen LogP contribution is 2.43. The minimum Gasteiger partial charge on any atom is -0.383 e. The van der Waals surface area contributed by atoms with E-state index in [1.54, 1.807) is 0 Å². The number of carbonyl (C=O) groups is 2. The van der Waals surface area contributed by atoms with E-state index in [2.05, 4.69) is 5.32 Å². The molecule has 0 heterocycles. The predicted octanol–water partition coefficient (Wildman–Crippen LogP) is 3.31. The molecule has 0 amide bonds. The van der Waals surface area contributed by atoms with Crippen LogP contribution in [0.15, 0.2) is 24.3 Å². The minimum absolute atomic E-state index is 0.139. The molecule has 6 nitrogen and oxygen atoms in total. The van der Waals surface area contributed by atoms with Gasteiger partial charge in [0.25, 0.3) is 0 Å². The molecule has 1 N–H and O–H groups in total. The molecular formula is C22H27ClN4O2. The Labute approximate surface area is 177 Å². The van der Waals surface area contributed by atoms with Crippen molar-refractivity contribution in [2.75, 3.05) is 74.7 Å². The van der Waals surface area contributed by atoms with Gasteiger partial charge in [-0.25, -0.2) is 0 Å². The first kappa shape index (κ1) is 21.0. The van der Waals surface area contributed by atoms with Gasteiger partial charge in [0.15, 0.2) is 11.6 Å². The molecule has 0 fully saturated rings. The molecule has 1 aliphatic carbocycles. The zero-order valence-corrected chi connectivity index (χ0v) is 18.5. The van der Waals surface area contributed by atoms with Crippen molar-refractivity contribution in [1.82, 2.24) is 0 Å². The lowest BCUT2D eigenvalue weighted by atomic mass is 9.80. The van der Waals surface area contributed by atoms with Crippen molar-refractivity contribution in [3.8, 4) is 0 Å². The minimum atomic E-state index is -0.150. The number of ketones is 2. The summed E-state index contributed by atoms with van der Waals surface area (Å²) in [6, 6.07) is 7.51. The zero-order valence-electron chi connectivity index (χ0n) is 17.8. The second-order valence-electron chi connectivity index (χ2n) is 7.69. The standard InChI is InChI=1S/C22H27ClN4O2/c1-25(2)14-8-7-13(24-12-11-23)17-18(14)22(29)20-16(27(5)6)10-9-15(26(3)4)19(20)21(17)28/h7-10,24H,11-12H2,1-6H3. The lowest BCUT2D eigenvalue weighted by molar-refractivity contribution is 0.0981. The van der Waals surface area contributed by atoms with E-state index >= 15 is 0 Å². The highest BCUT2D eigenvalue weighted by atomic mass is 35.5. The number of hydrogen-bond donors (Lipinski definition) is 1. The number of anilines is 4. The molecule has 0 bridgehead atoms. The van der Waals surface area contributed by atoms with Gasteiger partial charge >= 0.3 is 0 Å². The molecule has 0 radical (unpaired) electrons. The first-order valence-electron chi connectivity index (χ1n) is 9.45. The molecule has 0 aromatic heterocycles. The highest BCUT2D eigenvalue weighted by molar-refractivity contribution is 6.35. The third-order valence-electron chi connectivity index (χ3n) is 5.11. The van der Waals surface area contributed by atoms with Crippen LogP contribution in [-0.2, 0) is 0 Å². The van der Waals surface area contributed by atoms with Gasteiger partial charge in [-0.05, 0) is 24.3 Å². The van der Waals surface area contributed by atoms with Gasteiger partial charge in [0.1, 0.15) is 0 Å². The predicted molar refractivity (Wildman–Crippen MR) is 122 cm³/mol. The van der Waals surface area contributed by atoms with Crippen LogP contribution in [0.2, 0.25) is 0 Å². The Hall–Kier alpha value is -2.73. The molecule has 1 aliphatic rings. The number of rotatable bonds is 6. The molecule has 2 aromatic carbocycles. The molecule has 0 saturated carbocycles. The van der Waals surface area contributed by atoms with Crippen molar-refractivity contribution in [2.45, 2.75) is 0 Å². The van der Waals surface area contributed by atoms with E-state index in [4.69, 9.17) is 11.6 Å². The van der Waals surface area contributed by atoms with Gasteiger partial charge in [0, 0.05) is 77.5 Å². The second-order valence-corrected chi connectivity index (χ2v) is 8.07. The monoisotopic (exact) mass is 414 g/mol. The third-order valence-corrected chi connectivity index (χ3v) is 5.30. The summed E-state index contributed by atoms with van der Waals surface area (Å²) < 4.78 is 0. The fourth-order valence-corrected chi connectivity index (χ4v) is 3.89. The molecule has 7 heteroatoms. The maximum atomic E-state index is 13.8. The summed E-state index contributed by atoms with van der Waals surface area (Å²) in [6.45, 7) is 0.502. The van der Waals surface area contributed by atoms with Crippen LogP contribution in [0.5, 0.6) is 0 Å². The van der Waals surface area contributed by atoms with Gasteiger partial charge in [-0.1, -0.05) is 0 Å². The largest absolute Gasteiger partial charge is 0.383 e. The van der Waals surface area contributed by atoms with Crippen molar-refractivity contribution in [3.05, 3.63) is 46.5 Å². The van der Waals surface area contributed by atoms with Crippen molar-refractivity contribution in [3.63, 3.8) is 0 Å². The maximum Gasteiger partial charge on any atom is 0.198 e. The van der Waals surface area contributed by atoms with Gasteiger partial charge in [0.2, 0.25) is 0 Å². The van der Waals surface area contributed by atoms with Gasteiger partial charge < -0.3 is 20.0 Å². The van der Waals surface area contributed by atoms with Crippen LogP contribution in [0.3, 0.4) is 0 Å². The lowest BCUT2D eigenvalue weighted by Crippen LogP contribution is -2.30. The number of benzene rings is 2. The summed E-state index contributed by atoms with van der Waals surface area (Å²) in [5.74, 6) is 0.111. The summed E-state index contributed by atoms with van der Waals surface area (Å²) in [5.41, 5.74) is 4.57. The number of nitrogens with one attached hydrogen (secondary N) is 1. The smallest absolute Gasteiger partial charge is 0.198 e. The van der Waals surface area contributed by atoms with Crippen molar-refractivity contribution in [2.24, 2.45) is 0 Å². The average molecular weight is 415 g/mol. The van der Waals surface area contributed by atoms with Crippen LogP contribution < -0.4 is 20.0 Å². The van der Waals surface area contributed by atoms with E-state index in [0.717, 1.165) is 17.1 Å². The molecule has 0 aliphatic heterocycles. The van der Waals surface area contributed by atoms with Crippen LogP contribution >= 0.6 is 11.6 Å². The number of carbonyl (C=O) groups excluding carboxylic acids is 2. The third kappa shape index (κ3) is 3.42. The summed E-state index contributed by atoms with van der Waals surface area (Å²) in [6.07, 6.45) is 0. The average Bonchev–Trinajstić information content (AvgIpc) is 2.68. The van der Waals surface area contributed by atoms with E-state index in [9.17, 15) is 9.59 Å². The van der Waals surface area contributed by atoms with E-state index in [-0.39, 0.29) is 11.6 Å². The van der Waals surface area contributed by atoms with Crippen molar-refractivity contribution >= 4 is 45.9 Å². The maximum absolute atomic E-state index is 13.8. The Morgan fingerprint density at radius 3 is 1.48 bits per heavy atom. The number of alkyl halides is 1. The Kier molecular flexibility index (Phi) is 5.75. The molecule has 2 aromatic rings. The fourth-order valence-electron chi connectivity index (χ4n) is 3.80. The second kappa shape index (κ2) is 7.95. The highest BCUT2D eigenvalue weighted by Gasteiger charge is 2.38. The molecule has 29 heavy (non-hydrogen) atoms. The summed E-state index contributed by atoms with van der Waals surface area (Å²) in [5, 5.41) is 3.21. The first-order chi connectivity index (χ1) is 13.7. The van der Waals surface area contributed by atoms with E-state index in [0.29, 0.717) is 40.4 Å². The van der Waals surface area contributed by atoms with E-state index < -0.39 is 0 Å². The molecule has 0 unspecified atom stereocenters. The van der Waals surface area contributed by atoms with Crippen LogP contribution in [0.4, 0.5) is 22.7 Å². The number of fused-ring (bicyclic) bond motifs is 2. The summed E-state index contributed by atoms with van der Waals surface area (Å²) >= 11 is 5.85. The van der Waals surface area contributed by atoms with Crippen molar-refractivity contribution in [1.29, 1.82) is 0 Å². The molecule has 0 saturated heterocycles. The topological polar surface area (TPSA) is 55.9 Å². The Balaban J connectivity index is 2.40. The van der Waals surface area contributed by atoms with Crippen LogP contribution in [0.25, 0.3) is 0 Å². The fraction of sp³-hybridized carbons (Fsp3) is 0.364. The van der Waals surface area contributed by atoms with Crippen LogP contribution in [0, 0.1) is 0 Å². The quantitative estimate of drug-likeness (QED) is 0.624. The van der Waals surface area contributed by atoms with Gasteiger partial charge in [0.05, 0.1) is 22.3 Å². The van der Waals surface area contributed by atoms with Crippen LogP contribution in [-0.4, -0.2) is 66.3 Å². The van der Waals surface area contributed by atoms with E-state index in [1.807, 2.05) is 81.3 Å². The number of hydrogen-bond acceptors (Lipinski definition) is 6. The lowest BCUT2D eigenvalue weighted by Gasteiger charge is -2.31. The van der Waals surface area contributed by atoms with Gasteiger partial charge in [-0.15, -0.1) is 11.6 Å². The molecule has 3 rings (SSSR count). The Morgan fingerprint density at radius 2 is 1.07 bits per heavy atom. The zero-order chi connectivity index (χ0) is 21.5. The summed E-state index contributed by atoms with van der Waals surface area (Å²) in [7, 11) is 11.3. The number of nitrogens with zero attached hydrogens (tertiary/aromatic N) is 3. The van der Waals surface area contributed by atoms with Gasteiger partial charge in [-0.2, -0.15) is 0 Å². The Morgan fingerprint density at radius 1 is 0.690 bits per heavy atom. The van der Waals surface area contributed by atoms with Crippen molar-refractivity contribution < 1.29 is 9.59 Å². The number of halogens is 1. The van der Waals surface area contributed by atoms with Gasteiger partial charge in [-0.3, -0.25) is 9.59 Å². The molecule has 0 spiro atoms. The Bertz CT molecular complexity index is 983. The molecular weight excluding hydrogens is 388 g/mol. The molecule has 154 valence electrons. The van der Waals surface area contributed by atoms with E-state index in [1.165, 1.54) is 0 Å². The normalized spacial score (nSPS) is 12.4. The SMILES string of the molecule is CN(C)c1ccc(NCCCl)c2c1C(=O)c1c(N(C)C)ccc(N(C)C)c1C2=O. The van der Waals surface area contributed by atoms with Crippen LogP contribution in [0.1, 0.15) is 31.8 Å². The summed E-state index contributed by atoms with van der Waals surface area (Å²) in [4.78, 5) is 33.3.